The molecule has 33 heavy (non-hydrogen) atoms. The molecular formula is C25H51N3O4S. The molecule has 0 rings (SSSR count). The summed E-state index contributed by atoms with van der Waals surface area (Å²) in [5, 5.41) is 2.83. The molecule has 0 bridgehead atoms. The first kappa shape index (κ1) is 34.0. The fourth-order valence-corrected chi connectivity index (χ4v) is 4.28. The van der Waals surface area contributed by atoms with Crippen molar-refractivity contribution in [1.82, 2.24) is 15.1 Å². The summed E-state index contributed by atoms with van der Waals surface area (Å²) in [6.45, 7) is 14.6. The van der Waals surface area contributed by atoms with E-state index < -0.39 is 0 Å². The van der Waals surface area contributed by atoms with Crippen LogP contribution in [-0.4, -0.2) is 91.9 Å². The Morgan fingerprint density at radius 1 is 1.06 bits per heavy atom. The lowest BCUT2D eigenvalue weighted by atomic mass is 9.90. The number of carbonyl (C=O) groups is 3. The summed E-state index contributed by atoms with van der Waals surface area (Å²) in [6, 6.07) is -0.525. The normalized spacial score (nSPS) is 14.7. The van der Waals surface area contributed by atoms with E-state index in [0.29, 0.717) is 0 Å². The van der Waals surface area contributed by atoms with E-state index in [1.165, 1.54) is 13.3 Å². The van der Waals surface area contributed by atoms with E-state index in [2.05, 4.69) is 33.0 Å². The van der Waals surface area contributed by atoms with Crippen LogP contribution in [0.15, 0.2) is 0 Å². The maximum atomic E-state index is 12.9. The van der Waals surface area contributed by atoms with Crippen LogP contribution in [-0.2, 0) is 19.1 Å². The quantitative estimate of drug-likeness (QED) is 0.378. The average molecular weight is 490 g/mol. The minimum absolute atomic E-state index is 0.0253. The first-order chi connectivity index (χ1) is 15.4. The lowest BCUT2D eigenvalue weighted by Gasteiger charge is -2.37. The Kier molecular flexibility index (Phi) is 19.8. The number of amides is 2. The van der Waals surface area contributed by atoms with E-state index in [9.17, 15) is 14.4 Å². The van der Waals surface area contributed by atoms with E-state index in [1.807, 2.05) is 32.1 Å². The van der Waals surface area contributed by atoms with Gasteiger partial charge in [-0.25, -0.2) is 0 Å². The molecule has 4 unspecified atom stereocenters. The van der Waals surface area contributed by atoms with Crippen LogP contribution in [0.2, 0.25) is 0 Å². The third-order valence-electron chi connectivity index (χ3n) is 5.68. The zero-order chi connectivity index (χ0) is 26.1. The van der Waals surface area contributed by atoms with Crippen molar-refractivity contribution in [1.29, 1.82) is 0 Å². The molecule has 0 aromatic rings. The van der Waals surface area contributed by atoms with Gasteiger partial charge in [0.05, 0.1) is 24.7 Å². The van der Waals surface area contributed by atoms with Gasteiger partial charge in [-0.2, -0.15) is 11.8 Å². The number of carbonyl (C=O) groups excluding carboxylic acids is 3. The molecular weight excluding hydrogens is 438 g/mol. The second-order valence-electron chi connectivity index (χ2n) is 9.15. The van der Waals surface area contributed by atoms with Gasteiger partial charge < -0.3 is 15.0 Å². The summed E-state index contributed by atoms with van der Waals surface area (Å²) in [5.74, 6) is 0.930. The molecule has 0 aliphatic carbocycles. The highest BCUT2D eigenvalue weighted by Crippen LogP contribution is 2.21. The van der Waals surface area contributed by atoms with Crippen LogP contribution in [0, 0.1) is 11.8 Å². The molecule has 0 spiro atoms. The van der Waals surface area contributed by atoms with Gasteiger partial charge >= 0.3 is 0 Å². The first-order valence-electron chi connectivity index (χ1n) is 12.2. The summed E-state index contributed by atoms with van der Waals surface area (Å²) >= 11 is 1.74. The Balaban J connectivity index is 0. The maximum Gasteiger partial charge on any atom is 0.242 e. The fraction of sp³-hybridized carbons (Fsp3) is 0.880. The lowest BCUT2D eigenvalue weighted by Crippen LogP contribution is -2.54. The number of methoxy groups -OCH3 is 1. The van der Waals surface area contributed by atoms with E-state index in [1.54, 1.807) is 30.8 Å². The number of ether oxygens (including phenoxy) is 1. The Morgan fingerprint density at radius 3 is 2.00 bits per heavy atom. The van der Waals surface area contributed by atoms with Crippen LogP contribution in [0.5, 0.6) is 0 Å². The standard InChI is InChI=1S/C22H43N3O4S.C3H8/c1-10-16(4)21(18(29-8)13-17(5)26)25(7)19(27)14-23-22(28)20(15(2)3)24(6)11-12-30-9;1-3-2/h15-16,18,20-21H,10-14H2,1-9H3,(H,23,28);3H2,1-2H3. The molecule has 7 nitrogen and oxygen atoms in total. The van der Waals surface area contributed by atoms with Gasteiger partial charge in [-0.05, 0) is 32.1 Å². The summed E-state index contributed by atoms with van der Waals surface area (Å²) < 4.78 is 5.57. The van der Waals surface area contributed by atoms with Crippen molar-refractivity contribution >= 4 is 29.4 Å². The van der Waals surface area contributed by atoms with Gasteiger partial charge in [-0.15, -0.1) is 0 Å². The second kappa shape index (κ2) is 19.2. The molecule has 0 aliphatic rings. The predicted molar refractivity (Wildman–Crippen MR) is 141 cm³/mol. The number of hydrogen-bond acceptors (Lipinski definition) is 6. The van der Waals surface area contributed by atoms with E-state index >= 15 is 0 Å². The van der Waals surface area contributed by atoms with Crippen molar-refractivity contribution in [2.45, 2.75) is 85.9 Å². The molecule has 2 amide bonds. The highest BCUT2D eigenvalue weighted by atomic mass is 32.2. The summed E-state index contributed by atoms with van der Waals surface area (Å²) in [7, 11) is 5.24. The molecule has 0 aromatic carbocycles. The number of nitrogens with zero attached hydrogens (tertiary/aromatic N) is 2. The first-order valence-corrected chi connectivity index (χ1v) is 13.6. The van der Waals surface area contributed by atoms with Gasteiger partial charge in [-0.3, -0.25) is 19.3 Å². The van der Waals surface area contributed by atoms with Crippen molar-refractivity contribution < 1.29 is 19.1 Å². The number of nitrogens with one attached hydrogen (secondary N) is 1. The zero-order valence-corrected chi connectivity index (χ0v) is 23.9. The van der Waals surface area contributed by atoms with Crippen molar-refractivity contribution in [3.05, 3.63) is 0 Å². The molecule has 0 saturated heterocycles. The van der Waals surface area contributed by atoms with Crippen molar-refractivity contribution in [2.24, 2.45) is 11.8 Å². The Morgan fingerprint density at radius 2 is 1.61 bits per heavy atom. The molecule has 0 fully saturated rings. The molecule has 8 heteroatoms. The van der Waals surface area contributed by atoms with Gasteiger partial charge in [0.2, 0.25) is 11.8 Å². The Bertz CT molecular complexity index is 560. The predicted octanol–water partition coefficient (Wildman–Crippen LogP) is 3.71. The highest BCUT2D eigenvalue weighted by molar-refractivity contribution is 7.98. The van der Waals surface area contributed by atoms with Crippen LogP contribution in [0.1, 0.15) is 67.7 Å². The molecule has 0 saturated carbocycles. The minimum Gasteiger partial charge on any atom is -0.379 e. The van der Waals surface area contributed by atoms with E-state index in [0.717, 1.165) is 18.7 Å². The van der Waals surface area contributed by atoms with Crippen molar-refractivity contribution in [3.63, 3.8) is 0 Å². The molecule has 0 heterocycles. The maximum absolute atomic E-state index is 12.9. The van der Waals surface area contributed by atoms with Gasteiger partial charge in [0.15, 0.2) is 0 Å². The van der Waals surface area contributed by atoms with Gasteiger partial charge in [0.1, 0.15) is 5.78 Å². The molecule has 4 atom stereocenters. The summed E-state index contributed by atoms with van der Waals surface area (Å²) in [5.41, 5.74) is 0. The van der Waals surface area contributed by atoms with Crippen molar-refractivity contribution in [2.75, 3.05) is 46.3 Å². The van der Waals surface area contributed by atoms with Crippen LogP contribution >= 0.6 is 11.8 Å². The van der Waals surface area contributed by atoms with Crippen molar-refractivity contribution in [3.8, 4) is 0 Å². The van der Waals surface area contributed by atoms with Crippen LogP contribution in [0.25, 0.3) is 0 Å². The number of ketones is 1. The minimum atomic E-state index is -0.372. The average Bonchev–Trinajstić information content (AvgIpc) is 2.75. The largest absolute Gasteiger partial charge is 0.379 e. The summed E-state index contributed by atoms with van der Waals surface area (Å²) in [6.07, 6.45) is 4.02. The third-order valence-corrected chi connectivity index (χ3v) is 6.27. The smallest absolute Gasteiger partial charge is 0.242 e. The number of Topliss-reactive ketones (excluding diaryl/α,β-unsaturated/α-hetero) is 1. The number of hydrogen-bond donors (Lipinski definition) is 1. The molecule has 196 valence electrons. The lowest BCUT2D eigenvalue weighted by molar-refractivity contribution is -0.139. The fourth-order valence-electron chi connectivity index (χ4n) is 3.81. The topological polar surface area (TPSA) is 79.0 Å². The summed E-state index contributed by atoms with van der Waals surface area (Å²) in [4.78, 5) is 41.1. The van der Waals surface area contributed by atoms with Crippen LogP contribution < -0.4 is 5.32 Å². The Labute approximate surface area is 207 Å². The third kappa shape index (κ3) is 13.4. The molecule has 0 aliphatic heterocycles. The Hall–Kier alpha value is -1.12. The van der Waals surface area contributed by atoms with Gasteiger partial charge in [-0.1, -0.05) is 54.4 Å². The van der Waals surface area contributed by atoms with Gasteiger partial charge in [0, 0.05) is 32.9 Å². The number of likely N-dealkylation sites (N-methyl/N-ethyl adjacent to an activating group) is 2. The zero-order valence-electron chi connectivity index (χ0n) is 23.1. The van der Waals surface area contributed by atoms with Crippen LogP contribution in [0.4, 0.5) is 0 Å². The SMILES string of the molecule is CCC.CCC(C)C(C(CC(C)=O)OC)N(C)C(=O)CNC(=O)C(C(C)C)N(C)CCSC. The van der Waals surface area contributed by atoms with E-state index in [-0.39, 0.29) is 60.6 Å². The van der Waals surface area contributed by atoms with Gasteiger partial charge in [0.25, 0.3) is 0 Å². The monoisotopic (exact) mass is 489 g/mol. The second-order valence-corrected chi connectivity index (χ2v) is 10.1. The highest BCUT2D eigenvalue weighted by Gasteiger charge is 2.34. The molecule has 0 aromatic heterocycles. The molecule has 0 radical (unpaired) electrons. The number of thioether (sulfide) groups is 1. The van der Waals surface area contributed by atoms with E-state index in [4.69, 9.17) is 4.74 Å². The van der Waals surface area contributed by atoms with Crippen LogP contribution in [0.3, 0.4) is 0 Å². The number of rotatable bonds is 15. The molecule has 1 N–H and O–H groups in total.